The Morgan fingerprint density at radius 2 is 1.75 bits per heavy atom. The molecule has 1 atom stereocenters. The van der Waals surface area contributed by atoms with E-state index < -0.39 is 6.23 Å². The Kier molecular flexibility index (Phi) is 3.50. The molecular weight excluding hydrogens is 302 g/mol. The molecule has 120 valence electrons. The van der Waals surface area contributed by atoms with Crippen LogP contribution in [0.2, 0.25) is 0 Å². The van der Waals surface area contributed by atoms with Gasteiger partial charge in [-0.05, 0) is 25.1 Å². The number of anilines is 1. The van der Waals surface area contributed by atoms with Gasteiger partial charge in [0, 0.05) is 19.1 Å². The molecule has 0 aliphatic carbocycles. The summed E-state index contributed by atoms with van der Waals surface area (Å²) in [5, 5.41) is 0. The predicted molar refractivity (Wildman–Crippen MR) is 92.5 cm³/mol. The molecule has 0 bridgehead atoms. The van der Waals surface area contributed by atoms with Gasteiger partial charge >= 0.3 is 0 Å². The van der Waals surface area contributed by atoms with Gasteiger partial charge in [-0.2, -0.15) is 0 Å². The minimum atomic E-state index is -0.561. The van der Waals surface area contributed by atoms with Crippen LogP contribution in [0.25, 0.3) is 22.3 Å². The van der Waals surface area contributed by atoms with Gasteiger partial charge in [0.1, 0.15) is 5.69 Å². The highest BCUT2D eigenvalue weighted by Crippen LogP contribution is 2.43. The van der Waals surface area contributed by atoms with Crippen molar-refractivity contribution in [1.82, 2.24) is 9.97 Å². The molecular formula is C19H17N3O2. The van der Waals surface area contributed by atoms with Crippen LogP contribution in [0.3, 0.4) is 0 Å². The van der Waals surface area contributed by atoms with Crippen molar-refractivity contribution < 1.29 is 9.53 Å². The second-order valence-electron chi connectivity index (χ2n) is 5.66. The SMILES string of the molecule is CCOC1c2nc3ccccc3nc2-c2ccccc2N1C(C)=O. The predicted octanol–water partition coefficient (Wildman–Crippen LogP) is 3.70. The molecule has 1 amide bonds. The number of hydrogen-bond donors (Lipinski definition) is 0. The van der Waals surface area contributed by atoms with E-state index in [1.165, 1.54) is 0 Å². The van der Waals surface area contributed by atoms with Gasteiger partial charge in [0.2, 0.25) is 5.91 Å². The molecule has 2 heterocycles. The average molecular weight is 319 g/mol. The number of carbonyl (C=O) groups excluding carboxylic acids is 1. The summed E-state index contributed by atoms with van der Waals surface area (Å²) in [5.74, 6) is -0.0819. The van der Waals surface area contributed by atoms with Crippen LogP contribution in [0.1, 0.15) is 25.8 Å². The third-order valence-corrected chi connectivity index (χ3v) is 4.15. The Morgan fingerprint density at radius 3 is 2.46 bits per heavy atom. The van der Waals surface area contributed by atoms with Crippen molar-refractivity contribution in [3.05, 3.63) is 54.2 Å². The average Bonchev–Trinajstić information content (AvgIpc) is 2.60. The maximum atomic E-state index is 12.3. The number of fused-ring (bicyclic) bond motifs is 4. The zero-order valence-electron chi connectivity index (χ0n) is 13.6. The normalized spacial score (nSPS) is 15.9. The fraction of sp³-hybridized carbons (Fsp3) is 0.211. The van der Waals surface area contributed by atoms with Crippen molar-refractivity contribution in [3.8, 4) is 11.3 Å². The molecule has 4 rings (SSSR count). The van der Waals surface area contributed by atoms with E-state index in [4.69, 9.17) is 14.7 Å². The van der Waals surface area contributed by atoms with Gasteiger partial charge in [-0.1, -0.05) is 30.3 Å². The summed E-state index contributed by atoms with van der Waals surface area (Å²) in [4.78, 5) is 23.5. The van der Waals surface area contributed by atoms with Crippen molar-refractivity contribution >= 4 is 22.6 Å². The number of nitrogens with zero attached hydrogens (tertiary/aromatic N) is 3. The van der Waals surface area contributed by atoms with Crippen LogP contribution in [-0.2, 0) is 9.53 Å². The van der Waals surface area contributed by atoms with E-state index in [-0.39, 0.29) is 5.91 Å². The summed E-state index contributed by atoms with van der Waals surface area (Å²) in [6, 6.07) is 15.5. The zero-order valence-corrected chi connectivity index (χ0v) is 13.6. The molecule has 5 nitrogen and oxygen atoms in total. The second kappa shape index (κ2) is 5.69. The van der Waals surface area contributed by atoms with E-state index in [0.29, 0.717) is 12.3 Å². The maximum Gasteiger partial charge on any atom is 0.226 e. The van der Waals surface area contributed by atoms with Gasteiger partial charge in [-0.3, -0.25) is 9.69 Å². The number of rotatable bonds is 2. The summed E-state index contributed by atoms with van der Waals surface area (Å²) in [6.45, 7) is 3.93. The molecule has 1 aliphatic rings. The van der Waals surface area contributed by atoms with Gasteiger partial charge in [-0.15, -0.1) is 0 Å². The number of para-hydroxylation sites is 3. The molecule has 3 aromatic rings. The third-order valence-electron chi connectivity index (χ3n) is 4.15. The summed E-state index contributed by atoms with van der Waals surface area (Å²) in [6.07, 6.45) is -0.561. The van der Waals surface area contributed by atoms with Crippen LogP contribution >= 0.6 is 0 Å². The summed E-state index contributed by atoms with van der Waals surface area (Å²) >= 11 is 0. The van der Waals surface area contributed by atoms with Gasteiger partial charge in [0.25, 0.3) is 0 Å². The number of aromatic nitrogens is 2. The fourth-order valence-electron chi connectivity index (χ4n) is 3.16. The Labute approximate surface area is 139 Å². The minimum absolute atomic E-state index is 0.0819. The van der Waals surface area contributed by atoms with Crippen molar-refractivity contribution in [2.24, 2.45) is 0 Å². The lowest BCUT2D eigenvalue weighted by Gasteiger charge is -2.36. The van der Waals surface area contributed by atoms with E-state index in [9.17, 15) is 4.79 Å². The highest BCUT2D eigenvalue weighted by Gasteiger charge is 2.36. The molecule has 0 saturated carbocycles. The van der Waals surface area contributed by atoms with Crippen molar-refractivity contribution in [2.45, 2.75) is 20.1 Å². The van der Waals surface area contributed by atoms with Gasteiger partial charge in [-0.25, -0.2) is 9.97 Å². The standard InChI is InChI=1S/C19H17N3O2/c1-3-24-19-18-17(20-14-9-5-6-10-15(14)21-18)13-8-4-7-11-16(13)22(19)12(2)23/h4-11,19H,3H2,1-2H3. The Balaban J connectivity index is 2.05. The number of hydrogen-bond acceptors (Lipinski definition) is 4. The van der Waals surface area contributed by atoms with Crippen molar-refractivity contribution in [3.63, 3.8) is 0 Å². The minimum Gasteiger partial charge on any atom is -0.352 e. The zero-order chi connectivity index (χ0) is 16.7. The first kappa shape index (κ1) is 14.8. The van der Waals surface area contributed by atoms with E-state index in [1.54, 1.807) is 11.8 Å². The molecule has 0 fully saturated rings. The molecule has 24 heavy (non-hydrogen) atoms. The Hall–Kier alpha value is -2.79. The lowest BCUT2D eigenvalue weighted by atomic mass is 9.99. The van der Waals surface area contributed by atoms with Crippen LogP contribution in [0.4, 0.5) is 5.69 Å². The topological polar surface area (TPSA) is 55.3 Å². The number of carbonyl (C=O) groups is 1. The first-order chi connectivity index (χ1) is 11.7. The quantitative estimate of drug-likeness (QED) is 0.723. The maximum absolute atomic E-state index is 12.3. The molecule has 1 aromatic heterocycles. The van der Waals surface area contributed by atoms with Gasteiger partial charge < -0.3 is 4.74 Å². The summed E-state index contributed by atoms with van der Waals surface area (Å²) in [7, 11) is 0. The molecule has 0 N–H and O–H groups in total. The molecule has 1 unspecified atom stereocenters. The van der Waals surface area contributed by atoms with Crippen LogP contribution in [-0.4, -0.2) is 22.5 Å². The van der Waals surface area contributed by atoms with Crippen molar-refractivity contribution in [1.29, 1.82) is 0 Å². The van der Waals surface area contributed by atoms with Crippen LogP contribution in [0.15, 0.2) is 48.5 Å². The van der Waals surface area contributed by atoms with E-state index >= 15 is 0 Å². The van der Waals surface area contributed by atoms with Crippen LogP contribution in [0, 0.1) is 0 Å². The molecule has 0 spiro atoms. The number of amides is 1. The molecule has 5 heteroatoms. The lowest BCUT2D eigenvalue weighted by Crippen LogP contribution is -2.38. The number of ether oxygens (including phenoxy) is 1. The van der Waals surface area contributed by atoms with Crippen molar-refractivity contribution in [2.75, 3.05) is 11.5 Å². The van der Waals surface area contributed by atoms with E-state index in [0.717, 1.165) is 28.0 Å². The Morgan fingerprint density at radius 1 is 1.08 bits per heavy atom. The fourth-order valence-corrected chi connectivity index (χ4v) is 3.16. The van der Waals surface area contributed by atoms with E-state index in [2.05, 4.69) is 0 Å². The molecule has 0 saturated heterocycles. The smallest absolute Gasteiger partial charge is 0.226 e. The van der Waals surface area contributed by atoms with Crippen LogP contribution in [0.5, 0.6) is 0 Å². The molecule has 0 radical (unpaired) electrons. The first-order valence-corrected chi connectivity index (χ1v) is 7.98. The first-order valence-electron chi connectivity index (χ1n) is 7.98. The third kappa shape index (κ3) is 2.17. The monoisotopic (exact) mass is 319 g/mol. The summed E-state index contributed by atoms with van der Waals surface area (Å²) < 4.78 is 5.89. The van der Waals surface area contributed by atoms with Crippen LogP contribution < -0.4 is 4.90 Å². The highest BCUT2D eigenvalue weighted by atomic mass is 16.5. The molecule has 2 aromatic carbocycles. The lowest BCUT2D eigenvalue weighted by molar-refractivity contribution is -0.119. The Bertz CT molecular complexity index is 939. The van der Waals surface area contributed by atoms with E-state index in [1.807, 2.05) is 55.5 Å². The highest BCUT2D eigenvalue weighted by molar-refractivity contribution is 5.99. The second-order valence-corrected chi connectivity index (χ2v) is 5.66. The summed E-state index contributed by atoms with van der Waals surface area (Å²) in [5.41, 5.74) is 4.79. The number of benzene rings is 2. The van der Waals surface area contributed by atoms with Gasteiger partial charge in [0.05, 0.1) is 22.4 Å². The van der Waals surface area contributed by atoms with Gasteiger partial charge in [0.15, 0.2) is 6.23 Å². The molecule has 1 aliphatic heterocycles. The largest absolute Gasteiger partial charge is 0.352 e.